The molecule has 0 saturated carbocycles. The molecule has 6 heteroatoms. The van der Waals surface area contributed by atoms with Gasteiger partial charge in [0.2, 0.25) is 0 Å². The Kier molecular flexibility index (Phi) is 4.32. The number of likely N-dealkylation sites (tertiary alicyclic amines) is 1. The largest absolute Gasteiger partial charge is 0.361 e. The molecule has 26 heavy (non-hydrogen) atoms. The van der Waals surface area contributed by atoms with Gasteiger partial charge < -0.3 is 14.7 Å². The number of hydrogen-bond acceptors (Lipinski definition) is 4. The summed E-state index contributed by atoms with van der Waals surface area (Å²) in [4.78, 5) is 19.1. The summed E-state index contributed by atoms with van der Waals surface area (Å²) in [5, 5.41) is 8.26. The molecule has 0 unspecified atom stereocenters. The molecule has 4 rings (SSSR count). The van der Waals surface area contributed by atoms with Crippen LogP contribution in [0, 0.1) is 13.8 Å². The lowest BCUT2D eigenvalue weighted by Crippen LogP contribution is -2.39. The van der Waals surface area contributed by atoms with E-state index in [4.69, 9.17) is 4.52 Å². The van der Waals surface area contributed by atoms with Crippen molar-refractivity contribution in [2.75, 3.05) is 6.54 Å². The van der Waals surface area contributed by atoms with Crippen LogP contribution in [0.1, 0.15) is 41.5 Å². The number of fused-ring (bicyclic) bond motifs is 1. The van der Waals surface area contributed by atoms with Gasteiger partial charge in [-0.1, -0.05) is 17.3 Å². The maximum atomic E-state index is 12.8. The minimum atomic E-state index is -0.0616. The van der Waals surface area contributed by atoms with Crippen LogP contribution in [0.15, 0.2) is 41.1 Å². The van der Waals surface area contributed by atoms with E-state index in [1.54, 1.807) is 6.20 Å². The summed E-state index contributed by atoms with van der Waals surface area (Å²) in [7, 11) is 0. The predicted molar refractivity (Wildman–Crippen MR) is 98.6 cm³/mol. The first kappa shape index (κ1) is 16.6. The fraction of sp³-hybridized carbons (Fsp3) is 0.350. The number of rotatable bonds is 3. The van der Waals surface area contributed by atoms with E-state index < -0.39 is 0 Å². The van der Waals surface area contributed by atoms with E-state index in [-0.39, 0.29) is 12.1 Å². The van der Waals surface area contributed by atoms with Crippen LogP contribution in [0.25, 0.3) is 10.9 Å². The fourth-order valence-electron chi connectivity index (χ4n) is 3.68. The molecular weight excluding hydrogens is 328 g/mol. The van der Waals surface area contributed by atoms with Gasteiger partial charge in [-0.2, -0.15) is 0 Å². The summed E-state index contributed by atoms with van der Waals surface area (Å²) in [6.07, 6.45) is 3.67. The molecular formula is C20H22N4O2. The summed E-state index contributed by atoms with van der Waals surface area (Å²) < 4.78 is 5.18. The Morgan fingerprint density at radius 3 is 3.04 bits per heavy atom. The number of amides is 2. The average Bonchev–Trinajstić information content (AvgIpc) is 3.29. The minimum absolute atomic E-state index is 0.0114. The zero-order valence-corrected chi connectivity index (χ0v) is 15.0. The highest BCUT2D eigenvalue weighted by molar-refractivity contribution is 5.84. The van der Waals surface area contributed by atoms with E-state index in [0.29, 0.717) is 6.54 Å². The van der Waals surface area contributed by atoms with Crippen LogP contribution in [0.5, 0.6) is 0 Å². The third-order valence-electron chi connectivity index (χ3n) is 5.05. The normalized spacial score (nSPS) is 17.0. The number of pyridine rings is 1. The van der Waals surface area contributed by atoms with Crippen molar-refractivity contribution in [3.05, 3.63) is 59.1 Å². The Labute approximate surface area is 152 Å². The number of nitrogens with zero attached hydrogens (tertiary/aromatic N) is 3. The highest BCUT2D eigenvalue weighted by Gasteiger charge is 2.32. The maximum absolute atomic E-state index is 12.8. The lowest BCUT2D eigenvalue weighted by atomic mass is 10.0. The minimum Gasteiger partial charge on any atom is -0.361 e. The van der Waals surface area contributed by atoms with Crippen LogP contribution >= 0.6 is 0 Å². The van der Waals surface area contributed by atoms with Crippen LogP contribution in [-0.2, 0) is 6.54 Å². The topological polar surface area (TPSA) is 71.3 Å². The first-order valence-electron chi connectivity index (χ1n) is 8.94. The van der Waals surface area contributed by atoms with Crippen molar-refractivity contribution in [2.45, 2.75) is 39.3 Å². The Bertz CT molecular complexity index is 950. The van der Waals surface area contributed by atoms with Gasteiger partial charge in [-0.3, -0.25) is 4.98 Å². The molecule has 3 aromatic rings. The average molecular weight is 350 g/mol. The van der Waals surface area contributed by atoms with Crippen LogP contribution < -0.4 is 5.32 Å². The molecule has 2 amide bonds. The highest BCUT2D eigenvalue weighted by Crippen LogP contribution is 2.31. The molecule has 0 radical (unpaired) electrons. The fourth-order valence-corrected chi connectivity index (χ4v) is 3.68. The maximum Gasteiger partial charge on any atom is 0.318 e. The van der Waals surface area contributed by atoms with Gasteiger partial charge >= 0.3 is 6.03 Å². The van der Waals surface area contributed by atoms with Gasteiger partial charge in [-0.15, -0.1) is 0 Å². The second kappa shape index (κ2) is 6.78. The second-order valence-corrected chi connectivity index (χ2v) is 6.80. The zero-order valence-electron chi connectivity index (χ0n) is 15.0. The van der Waals surface area contributed by atoms with Gasteiger partial charge in [-0.25, -0.2) is 4.79 Å². The third kappa shape index (κ3) is 3.03. The first-order valence-corrected chi connectivity index (χ1v) is 8.94. The van der Waals surface area contributed by atoms with E-state index in [9.17, 15) is 4.79 Å². The molecule has 1 aromatic carbocycles. The van der Waals surface area contributed by atoms with Crippen molar-refractivity contribution in [3.8, 4) is 0 Å². The molecule has 134 valence electrons. The Morgan fingerprint density at radius 1 is 1.35 bits per heavy atom. The number of carbonyl (C=O) groups is 1. The standard InChI is InChI=1S/C20H22N4O2/c1-13-7-8-17-15(5-3-9-21-17)16(13)12-22-20(25)24-10-4-6-19(24)18-11-14(2)26-23-18/h3,5,7-9,11,19H,4,6,10,12H2,1-2H3,(H,22,25)/t19-/m1/s1. The smallest absolute Gasteiger partial charge is 0.318 e. The number of nitrogens with one attached hydrogen (secondary N) is 1. The monoisotopic (exact) mass is 350 g/mol. The Morgan fingerprint density at radius 2 is 2.23 bits per heavy atom. The van der Waals surface area contributed by atoms with Crippen molar-refractivity contribution >= 4 is 16.9 Å². The van der Waals surface area contributed by atoms with E-state index >= 15 is 0 Å². The molecule has 0 spiro atoms. The van der Waals surface area contributed by atoms with Crippen molar-refractivity contribution in [3.63, 3.8) is 0 Å². The van der Waals surface area contributed by atoms with E-state index in [2.05, 4.69) is 22.4 Å². The van der Waals surface area contributed by atoms with Gasteiger partial charge in [0.15, 0.2) is 0 Å². The number of hydrogen-bond donors (Lipinski definition) is 1. The number of benzene rings is 1. The number of aromatic nitrogens is 2. The summed E-state index contributed by atoms with van der Waals surface area (Å²) in [5.41, 5.74) is 4.04. The molecule has 6 nitrogen and oxygen atoms in total. The number of carbonyl (C=O) groups excluding carboxylic acids is 1. The molecule has 1 fully saturated rings. The molecule has 3 heterocycles. The summed E-state index contributed by atoms with van der Waals surface area (Å²) in [6, 6.07) is 9.88. The van der Waals surface area contributed by atoms with Crippen molar-refractivity contribution in [2.24, 2.45) is 0 Å². The van der Waals surface area contributed by atoms with Gasteiger partial charge in [0.05, 0.1) is 11.6 Å². The molecule has 1 aliphatic heterocycles. The van der Waals surface area contributed by atoms with Gasteiger partial charge in [0, 0.05) is 30.7 Å². The molecule has 0 bridgehead atoms. The van der Waals surface area contributed by atoms with Crippen LogP contribution in [-0.4, -0.2) is 27.6 Å². The molecule has 1 atom stereocenters. The van der Waals surface area contributed by atoms with Crippen molar-refractivity contribution < 1.29 is 9.32 Å². The zero-order chi connectivity index (χ0) is 18.1. The van der Waals surface area contributed by atoms with E-state index in [0.717, 1.165) is 52.9 Å². The molecule has 1 aliphatic rings. The van der Waals surface area contributed by atoms with Crippen molar-refractivity contribution in [1.82, 2.24) is 20.4 Å². The lowest BCUT2D eigenvalue weighted by molar-refractivity contribution is 0.190. The van der Waals surface area contributed by atoms with Crippen molar-refractivity contribution in [1.29, 1.82) is 0 Å². The summed E-state index contributed by atoms with van der Waals surface area (Å²) in [6.45, 7) is 5.14. The van der Waals surface area contributed by atoms with E-state index in [1.165, 1.54) is 0 Å². The molecule has 0 aliphatic carbocycles. The molecule has 1 saturated heterocycles. The van der Waals surface area contributed by atoms with Crippen LogP contribution in [0.3, 0.4) is 0 Å². The number of urea groups is 1. The Hall–Kier alpha value is -2.89. The molecule has 1 N–H and O–H groups in total. The van der Waals surface area contributed by atoms with Gasteiger partial charge in [0.25, 0.3) is 0 Å². The van der Waals surface area contributed by atoms with Crippen LogP contribution in [0.2, 0.25) is 0 Å². The first-order chi connectivity index (χ1) is 12.6. The highest BCUT2D eigenvalue weighted by atomic mass is 16.5. The quantitative estimate of drug-likeness (QED) is 0.778. The van der Waals surface area contributed by atoms with Gasteiger partial charge in [-0.05, 0) is 49.9 Å². The predicted octanol–water partition coefficient (Wildman–Crippen LogP) is 3.89. The SMILES string of the molecule is Cc1cc([C@H]2CCCN2C(=O)NCc2c(C)ccc3ncccc23)no1. The van der Waals surface area contributed by atoms with Gasteiger partial charge in [0.1, 0.15) is 11.5 Å². The molecule has 2 aromatic heterocycles. The van der Waals surface area contributed by atoms with Crippen LogP contribution in [0.4, 0.5) is 4.79 Å². The number of aryl methyl sites for hydroxylation is 2. The lowest BCUT2D eigenvalue weighted by Gasteiger charge is -2.23. The summed E-state index contributed by atoms with van der Waals surface area (Å²) >= 11 is 0. The Balaban J connectivity index is 1.51. The summed E-state index contributed by atoms with van der Waals surface area (Å²) in [5.74, 6) is 0.770. The second-order valence-electron chi connectivity index (χ2n) is 6.80. The third-order valence-corrected chi connectivity index (χ3v) is 5.05. The van der Waals surface area contributed by atoms with E-state index in [1.807, 2.05) is 42.2 Å².